The Hall–Kier alpha value is -2.11. The number of anilines is 1. The van der Waals surface area contributed by atoms with Crippen molar-refractivity contribution in [2.24, 2.45) is 0 Å². The molecule has 6 heteroatoms. The van der Waals surface area contributed by atoms with Gasteiger partial charge in [0, 0.05) is 24.6 Å². The van der Waals surface area contributed by atoms with Crippen molar-refractivity contribution in [2.45, 2.75) is 19.9 Å². The molecule has 0 spiro atoms. The molecule has 0 aliphatic heterocycles. The van der Waals surface area contributed by atoms with Crippen LogP contribution in [0.3, 0.4) is 0 Å². The predicted molar refractivity (Wildman–Crippen MR) is 59.3 cm³/mol. The molecule has 0 aliphatic carbocycles. The van der Waals surface area contributed by atoms with Crippen LogP contribution in [0.1, 0.15) is 19.9 Å². The maximum atomic E-state index is 11.6. The minimum atomic E-state index is -0.249. The SMILES string of the molecule is CC(C)n1cc(NC(=O)n2ccnc2)cn1. The molecular weight excluding hydrogens is 206 g/mol. The molecule has 2 heterocycles. The normalized spacial score (nSPS) is 10.7. The Morgan fingerprint density at radius 3 is 2.88 bits per heavy atom. The highest BCUT2D eigenvalue weighted by Gasteiger charge is 2.06. The van der Waals surface area contributed by atoms with Crippen molar-refractivity contribution in [3.05, 3.63) is 31.1 Å². The number of hydrogen-bond donors (Lipinski definition) is 1. The first-order chi connectivity index (χ1) is 7.66. The summed E-state index contributed by atoms with van der Waals surface area (Å²) in [6, 6.07) is 0.0275. The number of nitrogens with one attached hydrogen (secondary N) is 1. The molecule has 0 unspecified atom stereocenters. The van der Waals surface area contributed by atoms with E-state index in [1.165, 1.54) is 10.9 Å². The Kier molecular flexibility index (Phi) is 2.72. The fraction of sp³-hybridized carbons (Fsp3) is 0.300. The van der Waals surface area contributed by atoms with Crippen LogP contribution in [-0.2, 0) is 0 Å². The number of carbonyl (C=O) groups is 1. The average Bonchev–Trinajstić information content (AvgIpc) is 2.87. The van der Waals surface area contributed by atoms with Gasteiger partial charge >= 0.3 is 6.03 Å². The van der Waals surface area contributed by atoms with Crippen LogP contribution in [0.15, 0.2) is 31.1 Å². The molecule has 2 aromatic rings. The smallest absolute Gasteiger partial charge is 0.304 e. The molecule has 0 saturated carbocycles. The topological polar surface area (TPSA) is 64.7 Å². The zero-order chi connectivity index (χ0) is 11.5. The van der Waals surface area contributed by atoms with E-state index >= 15 is 0 Å². The van der Waals surface area contributed by atoms with Gasteiger partial charge in [-0.3, -0.25) is 9.25 Å². The molecule has 6 nitrogen and oxygen atoms in total. The van der Waals surface area contributed by atoms with E-state index in [1.54, 1.807) is 29.5 Å². The number of carbonyl (C=O) groups excluding carboxylic acids is 1. The largest absolute Gasteiger partial charge is 0.331 e. The van der Waals surface area contributed by atoms with Crippen molar-refractivity contribution in [2.75, 3.05) is 5.32 Å². The fourth-order valence-electron chi connectivity index (χ4n) is 1.25. The highest BCUT2D eigenvalue weighted by Crippen LogP contribution is 2.10. The minimum Gasteiger partial charge on any atom is -0.304 e. The van der Waals surface area contributed by atoms with E-state index < -0.39 is 0 Å². The third kappa shape index (κ3) is 2.10. The zero-order valence-corrected chi connectivity index (χ0v) is 9.16. The lowest BCUT2D eigenvalue weighted by atomic mass is 10.4. The summed E-state index contributed by atoms with van der Waals surface area (Å²) < 4.78 is 3.15. The molecule has 0 fully saturated rings. The minimum absolute atomic E-state index is 0.249. The molecule has 0 aliphatic rings. The molecule has 1 N–H and O–H groups in total. The molecule has 84 valence electrons. The zero-order valence-electron chi connectivity index (χ0n) is 9.16. The number of nitrogens with zero attached hydrogens (tertiary/aromatic N) is 4. The second kappa shape index (κ2) is 4.18. The summed E-state index contributed by atoms with van der Waals surface area (Å²) in [6.45, 7) is 4.04. The third-order valence-electron chi connectivity index (χ3n) is 2.12. The Labute approximate surface area is 92.9 Å². The summed E-state index contributed by atoms with van der Waals surface area (Å²) in [5.41, 5.74) is 0.674. The van der Waals surface area contributed by atoms with Crippen molar-refractivity contribution in [3.8, 4) is 0 Å². The summed E-state index contributed by atoms with van der Waals surface area (Å²) in [5, 5.41) is 6.85. The lowest BCUT2D eigenvalue weighted by Gasteiger charge is -2.04. The van der Waals surface area contributed by atoms with Gasteiger partial charge in [0.2, 0.25) is 0 Å². The van der Waals surface area contributed by atoms with E-state index in [9.17, 15) is 4.79 Å². The van der Waals surface area contributed by atoms with E-state index in [-0.39, 0.29) is 12.1 Å². The fourth-order valence-corrected chi connectivity index (χ4v) is 1.25. The van der Waals surface area contributed by atoms with Gasteiger partial charge in [-0.1, -0.05) is 0 Å². The summed E-state index contributed by atoms with van der Waals surface area (Å²) in [5.74, 6) is 0. The highest BCUT2D eigenvalue weighted by atomic mass is 16.2. The summed E-state index contributed by atoms with van der Waals surface area (Å²) >= 11 is 0. The second-order valence-electron chi connectivity index (χ2n) is 3.70. The van der Waals surface area contributed by atoms with Gasteiger partial charge in [-0.05, 0) is 13.8 Å². The molecule has 1 amide bonds. The number of amides is 1. The number of rotatable bonds is 2. The van der Waals surface area contributed by atoms with Crippen LogP contribution in [0, 0.1) is 0 Å². The standard InChI is InChI=1S/C10H13N5O/c1-8(2)15-6-9(5-12-15)13-10(16)14-4-3-11-7-14/h3-8H,1-2H3,(H,13,16). The molecule has 2 aromatic heterocycles. The van der Waals surface area contributed by atoms with Gasteiger partial charge in [0.25, 0.3) is 0 Å². The van der Waals surface area contributed by atoms with Crippen molar-refractivity contribution in [1.82, 2.24) is 19.3 Å². The summed E-state index contributed by atoms with van der Waals surface area (Å²) in [7, 11) is 0. The lowest BCUT2D eigenvalue weighted by Crippen LogP contribution is -2.17. The first-order valence-electron chi connectivity index (χ1n) is 5.00. The quantitative estimate of drug-likeness (QED) is 0.836. The number of hydrogen-bond acceptors (Lipinski definition) is 3. The van der Waals surface area contributed by atoms with Gasteiger partial charge in [-0.25, -0.2) is 9.78 Å². The Balaban J connectivity index is 2.07. The van der Waals surface area contributed by atoms with Crippen LogP contribution >= 0.6 is 0 Å². The monoisotopic (exact) mass is 219 g/mol. The second-order valence-corrected chi connectivity index (χ2v) is 3.70. The van der Waals surface area contributed by atoms with E-state index in [1.807, 2.05) is 13.8 Å². The summed E-state index contributed by atoms with van der Waals surface area (Å²) in [6.07, 6.45) is 8.00. The summed E-state index contributed by atoms with van der Waals surface area (Å²) in [4.78, 5) is 15.4. The van der Waals surface area contributed by atoms with Crippen LogP contribution < -0.4 is 5.32 Å². The molecule has 2 rings (SSSR count). The molecule has 0 radical (unpaired) electrons. The van der Waals surface area contributed by atoms with E-state index in [0.29, 0.717) is 5.69 Å². The molecule has 16 heavy (non-hydrogen) atoms. The number of aromatic nitrogens is 4. The first kappa shape index (κ1) is 10.4. The van der Waals surface area contributed by atoms with Gasteiger partial charge in [-0.15, -0.1) is 0 Å². The molecule has 0 bridgehead atoms. The highest BCUT2D eigenvalue weighted by molar-refractivity contribution is 5.90. The van der Waals surface area contributed by atoms with Crippen molar-refractivity contribution < 1.29 is 4.79 Å². The van der Waals surface area contributed by atoms with Gasteiger partial charge in [0.05, 0.1) is 11.9 Å². The average molecular weight is 219 g/mol. The van der Waals surface area contributed by atoms with E-state index in [4.69, 9.17) is 0 Å². The Bertz CT molecular complexity index is 471. The van der Waals surface area contributed by atoms with Gasteiger partial charge in [0.15, 0.2) is 0 Å². The number of imidazole rings is 1. The Morgan fingerprint density at radius 1 is 1.50 bits per heavy atom. The molecular formula is C10H13N5O. The van der Waals surface area contributed by atoms with Crippen LogP contribution in [0.25, 0.3) is 0 Å². The molecule has 0 aromatic carbocycles. The van der Waals surface area contributed by atoms with E-state index in [2.05, 4.69) is 15.4 Å². The van der Waals surface area contributed by atoms with Crippen LogP contribution in [0.5, 0.6) is 0 Å². The predicted octanol–water partition coefficient (Wildman–Crippen LogP) is 1.74. The van der Waals surface area contributed by atoms with Crippen LogP contribution in [-0.4, -0.2) is 25.4 Å². The van der Waals surface area contributed by atoms with Gasteiger partial charge in [-0.2, -0.15) is 5.10 Å². The Morgan fingerprint density at radius 2 is 2.31 bits per heavy atom. The van der Waals surface area contributed by atoms with Crippen molar-refractivity contribution in [1.29, 1.82) is 0 Å². The first-order valence-corrected chi connectivity index (χ1v) is 5.00. The lowest BCUT2D eigenvalue weighted by molar-refractivity contribution is 0.253. The maximum Gasteiger partial charge on any atom is 0.331 e. The van der Waals surface area contributed by atoms with Crippen LogP contribution in [0.2, 0.25) is 0 Å². The van der Waals surface area contributed by atoms with Crippen LogP contribution in [0.4, 0.5) is 10.5 Å². The van der Waals surface area contributed by atoms with Crippen molar-refractivity contribution >= 4 is 11.7 Å². The van der Waals surface area contributed by atoms with Gasteiger partial charge in [0.1, 0.15) is 6.33 Å². The maximum absolute atomic E-state index is 11.6. The van der Waals surface area contributed by atoms with Crippen molar-refractivity contribution in [3.63, 3.8) is 0 Å². The van der Waals surface area contributed by atoms with E-state index in [0.717, 1.165) is 0 Å². The third-order valence-corrected chi connectivity index (χ3v) is 2.12. The molecule has 0 atom stereocenters. The molecule has 0 saturated heterocycles. The van der Waals surface area contributed by atoms with Gasteiger partial charge < -0.3 is 5.32 Å².